The minimum absolute atomic E-state index is 0.381. The van der Waals surface area contributed by atoms with Crippen molar-refractivity contribution in [3.63, 3.8) is 0 Å². The van der Waals surface area contributed by atoms with Crippen molar-refractivity contribution in [3.05, 3.63) is 63.6 Å². The number of anilines is 1. The normalized spacial score (nSPS) is 10.3. The van der Waals surface area contributed by atoms with E-state index in [9.17, 15) is 0 Å². The van der Waals surface area contributed by atoms with Crippen LogP contribution in [0.25, 0.3) is 0 Å². The van der Waals surface area contributed by atoms with Crippen molar-refractivity contribution < 1.29 is 9.47 Å². The molecule has 0 saturated heterocycles. The van der Waals surface area contributed by atoms with Crippen LogP contribution in [0.15, 0.2) is 47.5 Å². The van der Waals surface area contributed by atoms with E-state index in [1.54, 1.807) is 13.2 Å². The van der Waals surface area contributed by atoms with Crippen LogP contribution in [-0.4, -0.2) is 13.7 Å². The fourth-order valence-corrected chi connectivity index (χ4v) is 2.94. The Morgan fingerprint density at radius 2 is 2.09 bits per heavy atom. The minimum Gasteiger partial charge on any atom is -0.493 e. The molecular formula is C18H19BrClNO2. The van der Waals surface area contributed by atoms with E-state index in [0.717, 1.165) is 15.7 Å². The SMILES string of the molecule is C=CCOc1c(Cl)cc(CNc2ccc(Br)cc2C)cc1OC. The number of aryl methyl sites for hydroxylation is 1. The van der Waals surface area contributed by atoms with Gasteiger partial charge in [-0.05, 0) is 48.4 Å². The highest BCUT2D eigenvalue weighted by atomic mass is 79.9. The fourth-order valence-electron chi connectivity index (χ4n) is 2.18. The summed E-state index contributed by atoms with van der Waals surface area (Å²) < 4.78 is 12.0. The summed E-state index contributed by atoms with van der Waals surface area (Å²) in [6, 6.07) is 9.92. The Balaban J connectivity index is 2.16. The predicted octanol–water partition coefficient (Wildman–Crippen LogP) is 5.60. The first kappa shape index (κ1) is 17.7. The number of hydrogen-bond acceptors (Lipinski definition) is 3. The summed E-state index contributed by atoms with van der Waals surface area (Å²) in [6.45, 7) is 6.72. The molecule has 2 aromatic rings. The van der Waals surface area contributed by atoms with E-state index >= 15 is 0 Å². The zero-order valence-electron chi connectivity index (χ0n) is 13.2. The van der Waals surface area contributed by atoms with Crippen molar-refractivity contribution >= 4 is 33.2 Å². The largest absolute Gasteiger partial charge is 0.493 e. The lowest BCUT2D eigenvalue weighted by Gasteiger charge is -2.15. The third-order valence-corrected chi connectivity index (χ3v) is 4.08. The van der Waals surface area contributed by atoms with Crippen LogP contribution < -0.4 is 14.8 Å². The van der Waals surface area contributed by atoms with Crippen LogP contribution in [0.4, 0.5) is 5.69 Å². The molecule has 2 aromatic carbocycles. The molecule has 0 heterocycles. The van der Waals surface area contributed by atoms with Gasteiger partial charge in [0.1, 0.15) is 6.61 Å². The van der Waals surface area contributed by atoms with Crippen LogP contribution in [0.2, 0.25) is 5.02 Å². The molecular weight excluding hydrogens is 378 g/mol. The van der Waals surface area contributed by atoms with Crippen molar-refractivity contribution in [2.75, 3.05) is 19.0 Å². The maximum absolute atomic E-state index is 6.31. The molecule has 3 nitrogen and oxygen atoms in total. The van der Waals surface area contributed by atoms with E-state index in [4.69, 9.17) is 21.1 Å². The summed E-state index contributed by atoms with van der Waals surface area (Å²) in [5, 5.41) is 3.93. The lowest BCUT2D eigenvalue weighted by molar-refractivity contribution is 0.326. The number of halogens is 2. The Kier molecular flexibility index (Phi) is 6.37. The second-order valence-electron chi connectivity index (χ2n) is 5.02. The number of nitrogens with one attached hydrogen (secondary N) is 1. The van der Waals surface area contributed by atoms with Gasteiger partial charge in [-0.3, -0.25) is 0 Å². The van der Waals surface area contributed by atoms with Crippen LogP contribution in [0.1, 0.15) is 11.1 Å². The zero-order valence-corrected chi connectivity index (χ0v) is 15.5. The minimum atomic E-state index is 0.381. The summed E-state index contributed by atoms with van der Waals surface area (Å²) in [5.74, 6) is 1.15. The molecule has 0 bridgehead atoms. The van der Waals surface area contributed by atoms with Crippen molar-refractivity contribution in [2.24, 2.45) is 0 Å². The number of benzene rings is 2. The van der Waals surface area contributed by atoms with Gasteiger partial charge in [-0.1, -0.05) is 40.2 Å². The summed E-state index contributed by atoms with van der Waals surface area (Å²) in [5.41, 5.74) is 3.26. The zero-order chi connectivity index (χ0) is 16.8. The molecule has 0 unspecified atom stereocenters. The van der Waals surface area contributed by atoms with Crippen molar-refractivity contribution in [2.45, 2.75) is 13.5 Å². The van der Waals surface area contributed by atoms with Gasteiger partial charge < -0.3 is 14.8 Å². The molecule has 23 heavy (non-hydrogen) atoms. The smallest absolute Gasteiger partial charge is 0.180 e. The average Bonchev–Trinajstić information content (AvgIpc) is 2.52. The van der Waals surface area contributed by atoms with Gasteiger partial charge in [-0.2, -0.15) is 0 Å². The van der Waals surface area contributed by atoms with Gasteiger partial charge in [-0.15, -0.1) is 0 Å². The van der Waals surface area contributed by atoms with E-state index in [2.05, 4.69) is 40.8 Å². The first-order valence-electron chi connectivity index (χ1n) is 7.15. The average molecular weight is 397 g/mol. The van der Waals surface area contributed by atoms with E-state index < -0.39 is 0 Å². The highest BCUT2D eigenvalue weighted by Gasteiger charge is 2.12. The van der Waals surface area contributed by atoms with E-state index in [1.165, 1.54) is 5.56 Å². The molecule has 0 aliphatic carbocycles. The molecule has 0 amide bonds. The Bertz CT molecular complexity index is 704. The van der Waals surface area contributed by atoms with Crippen LogP contribution in [0.3, 0.4) is 0 Å². The Morgan fingerprint density at radius 3 is 2.74 bits per heavy atom. The molecule has 0 radical (unpaired) electrons. The second-order valence-corrected chi connectivity index (χ2v) is 6.34. The fraction of sp³-hybridized carbons (Fsp3) is 0.222. The van der Waals surface area contributed by atoms with E-state index in [-0.39, 0.29) is 0 Å². The van der Waals surface area contributed by atoms with Gasteiger partial charge in [0.05, 0.1) is 12.1 Å². The Morgan fingerprint density at radius 1 is 1.30 bits per heavy atom. The predicted molar refractivity (Wildman–Crippen MR) is 99.9 cm³/mol. The third-order valence-electron chi connectivity index (χ3n) is 3.31. The topological polar surface area (TPSA) is 30.5 Å². The summed E-state index contributed by atoms with van der Waals surface area (Å²) >= 11 is 9.78. The molecule has 122 valence electrons. The molecule has 0 spiro atoms. The highest BCUT2D eigenvalue weighted by Crippen LogP contribution is 2.36. The van der Waals surface area contributed by atoms with E-state index in [1.807, 2.05) is 24.3 Å². The van der Waals surface area contributed by atoms with Gasteiger partial charge >= 0.3 is 0 Å². The highest BCUT2D eigenvalue weighted by molar-refractivity contribution is 9.10. The monoisotopic (exact) mass is 395 g/mol. The quantitative estimate of drug-likeness (QED) is 0.618. The molecule has 1 N–H and O–H groups in total. The first-order valence-corrected chi connectivity index (χ1v) is 8.32. The summed E-state index contributed by atoms with van der Waals surface area (Å²) in [4.78, 5) is 0. The number of hydrogen-bond donors (Lipinski definition) is 1. The van der Waals surface area contributed by atoms with Crippen molar-refractivity contribution in [1.29, 1.82) is 0 Å². The number of rotatable bonds is 7. The number of methoxy groups -OCH3 is 1. The van der Waals surface area contributed by atoms with Gasteiger partial charge in [0.15, 0.2) is 11.5 Å². The van der Waals surface area contributed by atoms with Crippen molar-refractivity contribution in [1.82, 2.24) is 0 Å². The van der Waals surface area contributed by atoms with Crippen molar-refractivity contribution in [3.8, 4) is 11.5 Å². The van der Waals surface area contributed by atoms with Crippen LogP contribution >= 0.6 is 27.5 Å². The van der Waals surface area contributed by atoms with E-state index in [0.29, 0.717) is 29.7 Å². The second kappa shape index (κ2) is 8.27. The maximum Gasteiger partial charge on any atom is 0.180 e. The van der Waals surface area contributed by atoms with Crippen LogP contribution in [0, 0.1) is 6.92 Å². The Labute approximate surface area is 150 Å². The summed E-state index contributed by atoms with van der Waals surface area (Å²) in [6.07, 6.45) is 1.67. The lowest BCUT2D eigenvalue weighted by atomic mass is 10.1. The third kappa shape index (κ3) is 4.66. The molecule has 0 aromatic heterocycles. The molecule has 0 aliphatic heterocycles. The molecule has 0 atom stereocenters. The van der Waals surface area contributed by atoms with Gasteiger partial charge in [0.25, 0.3) is 0 Å². The van der Waals surface area contributed by atoms with Crippen LogP contribution in [0.5, 0.6) is 11.5 Å². The van der Waals surface area contributed by atoms with Gasteiger partial charge in [0.2, 0.25) is 0 Å². The summed E-state index contributed by atoms with van der Waals surface area (Å²) in [7, 11) is 1.60. The number of ether oxygens (including phenoxy) is 2. The molecule has 0 fully saturated rings. The van der Waals surface area contributed by atoms with Gasteiger partial charge in [-0.25, -0.2) is 0 Å². The standard InChI is InChI=1S/C18H19BrClNO2/c1-4-7-23-18-15(20)9-13(10-17(18)22-3)11-21-16-6-5-14(19)8-12(16)2/h4-6,8-10,21H,1,7,11H2,2-3H3. The Hall–Kier alpha value is -1.65. The van der Waals surface area contributed by atoms with Crippen LogP contribution in [-0.2, 0) is 6.54 Å². The first-order chi connectivity index (χ1) is 11.0. The van der Waals surface area contributed by atoms with Gasteiger partial charge in [0, 0.05) is 16.7 Å². The lowest BCUT2D eigenvalue weighted by Crippen LogP contribution is -2.03. The molecule has 2 rings (SSSR count). The molecule has 0 aliphatic rings. The maximum atomic E-state index is 6.31. The molecule has 5 heteroatoms. The molecule has 0 saturated carbocycles.